The minimum atomic E-state index is -0.286. The monoisotopic (exact) mass is 243 g/mol. The zero-order valence-corrected chi connectivity index (χ0v) is 10.9. The number of nitriles is 1. The van der Waals surface area contributed by atoms with Gasteiger partial charge in [-0.25, -0.2) is 0 Å². The number of fused-ring (bicyclic) bond motifs is 1. The molecule has 2 aromatic rings. The summed E-state index contributed by atoms with van der Waals surface area (Å²) < 4.78 is 7.28. The molecule has 18 heavy (non-hydrogen) atoms. The molecule has 1 atom stereocenters. The average molecular weight is 243 g/mol. The van der Waals surface area contributed by atoms with Crippen LogP contribution in [-0.2, 0) is 7.05 Å². The Labute approximate surface area is 107 Å². The lowest BCUT2D eigenvalue weighted by Gasteiger charge is -2.08. The largest absolute Gasteiger partial charge is 0.497 e. The van der Waals surface area contributed by atoms with Gasteiger partial charge in [-0.2, -0.15) is 5.26 Å². The second-order valence-corrected chi connectivity index (χ2v) is 4.20. The van der Waals surface area contributed by atoms with Crippen molar-refractivity contribution in [3.8, 4) is 11.8 Å². The molecular weight excluding hydrogens is 226 g/mol. The smallest absolute Gasteiger partial charge is 0.123 e. The molecule has 1 N–H and O–H groups in total. The maximum absolute atomic E-state index is 9.25. The molecule has 0 saturated carbocycles. The fourth-order valence-corrected chi connectivity index (χ4v) is 2.19. The van der Waals surface area contributed by atoms with E-state index < -0.39 is 0 Å². The normalized spacial score (nSPS) is 12.3. The molecule has 0 spiro atoms. The van der Waals surface area contributed by atoms with E-state index in [0.717, 1.165) is 28.8 Å². The lowest BCUT2D eigenvalue weighted by atomic mass is 10.1. The van der Waals surface area contributed by atoms with Crippen molar-refractivity contribution in [3.63, 3.8) is 0 Å². The molecule has 2 rings (SSSR count). The summed E-state index contributed by atoms with van der Waals surface area (Å²) in [6.07, 6.45) is 2.00. The number of benzene rings is 1. The molecule has 4 nitrogen and oxygen atoms in total. The van der Waals surface area contributed by atoms with Gasteiger partial charge in [0, 0.05) is 29.7 Å². The SMILES string of the molecule is CCNC(C#N)c1cn(C)c2ccc(OC)cc12. The molecule has 94 valence electrons. The third kappa shape index (κ3) is 2.05. The highest BCUT2D eigenvalue weighted by molar-refractivity contribution is 5.86. The van der Waals surface area contributed by atoms with Crippen LogP contribution in [0, 0.1) is 11.3 Å². The van der Waals surface area contributed by atoms with Crippen molar-refractivity contribution in [1.82, 2.24) is 9.88 Å². The van der Waals surface area contributed by atoms with Crippen molar-refractivity contribution in [1.29, 1.82) is 5.26 Å². The molecule has 0 aliphatic carbocycles. The molecule has 1 heterocycles. The Kier molecular flexibility index (Phi) is 3.54. The first kappa shape index (κ1) is 12.5. The molecule has 1 aromatic heterocycles. The number of methoxy groups -OCH3 is 1. The molecule has 0 fully saturated rings. The van der Waals surface area contributed by atoms with Crippen LogP contribution in [0.5, 0.6) is 5.75 Å². The van der Waals surface area contributed by atoms with E-state index in [4.69, 9.17) is 4.74 Å². The van der Waals surface area contributed by atoms with E-state index in [1.807, 2.05) is 42.9 Å². The highest BCUT2D eigenvalue weighted by Crippen LogP contribution is 2.29. The Balaban J connectivity index is 2.59. The molecule has 1 aromatic carbocycles. The lowest BCUT2D eigenvalue weighted by Crippen LogP contribution is -2.18. The van der Waals surface area contributed by atoms with Crippen molar-refractivity contribution >= 4 is 10.9 Å². The van der Waals surface area contributed by atoms with Crippen LogP contribution >= 0.6 is 0 Å². The van der Waals surface area contributed by atoms with Crippen LogP contribution in [0.1, 0.15) is 18.5 Å². The number of rotatable bonds is 4. The van der Waals surface area contributed by atoms with E-state index in [0.29, 0.717) is 0 Å². The van der Waals surface area contributed by atoms with Crippen molar-refractivity contribution in [3.05, 3.63) is 30.0 Å². The Hall–Kier alpha value is -1.99. The Bertz CT molecular complexity index is 595. The number of nitrogens with zero attached hydrogens (tertiary/aromatic N) is 2. The van der Waals surface area contributed by atoms with Crippen LogP contribution in [-0.4, -0.2) is 18.2 Å². The van der Waals surface area contributed by atoms with Crippen molar-refractivity contribution in [2.24, 2.45) is 7.05 Å². The third-order valence-corrected chi connectivity index (χ3v) is 3.08. The summed E-state index contributed by atoms with van der Waals surface area (Å²) in [5.74, 6) is 0.808. The van der Waals surface area contributed by atoms with Gasteiger partial charge in [0.2, 0.25) is 0 Å². The van der Waals surface area contributed by atoms with Gasteiger partial charge in [0.15, 0.2) is 0 Å². The number of hydrogen-bond acceptors (Lipinski definition) is 3. The van der Waals surface area contributed by atoms with Crippen LogP contribution < -0.4 is 10.1 Å². The predicted octanol–water partition coefficient (Wildman–Crippen LogP) is 2.36. The molecule has 0 bridgehead atoms. The van der Waals surface area contributed by atoms with Crippen LogP contribution in [0.15, 0.2) is 24.4 Å². The first-order chi connectivity index (χ1) is 8.71. The van der Waals surface area contributed by atoms with E-state index in [2.05, 4.69) is 11.4 Å². The zero-order chi connectivity index (χ0) is 13.1. The quantitative estimate of drug-likeness (QED) is 0.896. The molecule has 0 amide bonds. The standard InChI is InChI=1S/C14H17N3O/c1-4-16-13(8-15)12-9-17(2)14-6-5-10(18-3)7-11(12)14/h5-7,9,13,16H,4H2,1-3H3. The van der Waals surface area contributed by atoms with E-state index in [1.165, 1.54) is 0 Å². The molecule has 0 saturated heterocycles. The summed E-state index contributed by atoms with van der Waals surface area (Å²) in [4.78, 5) is 0. The Morgan fingerprint density at radius 3 is 2.89 bits per heavy atom. The van der Waals surface area contributed by atoms with Crippen molar-refractivity contribution in [2.75, 3.05) is 13.7 Å². The maximum atomic E-state index is 9.25. The highest BCUT2D eigenvalue weighted by atomic mass is 16.5. The third-order valence-electron chi connectivity index (χ3n) is 3.08. The molecule has 1 unspecified atom stereocenters. The zero-order valence-electron chi connectivity index (χ0n) is 10.9. The lowest BCUT2D eigenvalue weighted by molar-refractivity contribution is 0.415. The Morgan fingerprint density at radius 1 is 1.50 bits per heavy atom. The van der Waals surface area contributed by atoms with Gasteiger partial charge in [-0.15, -0.1) is 0 Å². The topological polar surface area (TPSA) is 50.0 Å². The molecule has 0 aliphatic heterocycles. The second-order valence-electron chi connectivity index (χ2n) is 4.20. The van der Waals surface area contributed by atoms with Crippen LogP contribution in [0.4, 0.5) is 0 Å². The van der Waals surface area contributed by atoms with E-state index in [9.17, 15) is 5.26 Å². The maximum Gasteiger partial charge on any atom is 0.123 e. The summed E-state index contributed by atoms with van der Waals surface area (Å²) in [6.45, 7) is 2.76. The number of aryl methyl sites for hydroxylation is 1. The fourth-order valence-electron chi connectivity index (χ4n) is 2.19. The van der Waals surface area contributed by atoms with Gasteiger partial charge >= 0.3 is 0 Å². The summed E-state index contributed by atoms with van der Waals surface area (Å²) in [6, 6.07) is 7.93. The van der Waals surface area contributed by atoms with Gasteiger partial charge in [-0.05, 0) is 24.7 Å². The summed E-state index contributed by atoms with van der Waals surface area (Å²) >= 11 is 0. The van der Waals surface area contributed by atoms with Crippen LogP contribution in [0.3, 0.4) is 0 Å². The molecule has 0 radical (unpaired) electrons. The van der Waals surface area contributed by atoms with Gasteiger partial charge in [0.1, 0.15) is 11.8 Å². The number of nitrogens with one attached hydrogen (secondary N) is 1. The fraction of sp³-hybridized carbons (Fsp3) is 0.357. The highest BCUT2D eigenvalue weighted by Gasteiger charge is 2.16. The second kappa shape index (κ2) is 5.11. The van der Waals surface area contributed by atoms with Gasteiger partial charge in [-0.1, -0.05) is 6.92 Å². The van der Waals surface area contributed by atoms with E-state index in [-0.39, 0.29) is 6.04 Å². The predicted molar refractivity (Wildman–Crippen MR) is 71.5 cm³/mol. The average Bonchev–Trinajstić information content (AvgIpc) is 2.72. The van der Waals surface area contributed by atoms with Crippen molar-refractivity contribution in [2.45, 2.75) is 13.0 Å². The van der Waals surface area contributed by atoms with Gasteiger partial charge < -0.3 is 9.30 Å². The van der Waals surface area contributed by atoms with E-state index in [1.54, 1.807) is 7.11 Å². The summed E-state index contributed by atoms with van der Waals surface area (Å²) in [5, 5.41) is 13.5. The first-order valence-corrected chi connectivity index (χ1v) is 5.97. The van der Waals surface area contributed by atoms with Crippen molar-refractivity contribution < 1.29 is 4.74 Å². The molecular formula is C14H17N3O. The minimum absolute atomic E-state index is 0.286. The minimum Gasteiger partial charge on any atom is -0.497 e. The first-order valence-electron chi connectivity index (χ1n) is 5.97. The molecule has 0 aliphatic rings. The number of aromatic nitrogens is 1. The van der Waals surface area contributed by atoms with Gasteiger partial charge in [0.05, 0.1) is 13.2 Å². The van der Waals surface area contributed by atoms with E-state index >= 15 is 0 Å². The number of hydrogen-bond donors (Lipinski definition) is 1. The molecule has 4 heteroatoms. The van der Waals surface area contributed by atoms with Crippen LogP contribution in [0.2, 0.25) is 0 Å². The van der Waals surface area contributed by atoms with Gasteiger partial charge in [-0.3, -0.25) is 5.32 Å². The summed E-state index contributed by atoms with van der Waals surface area (Å²) in [7, 11) is 3.63. The number of ether oxygens (including phenoxy) is 1. The van der Waals surface area contributed by atoms with Crippen LogP contribution in [0.25, 0.3) is 10.9 Å². The van der Waals surface area contributed by atoms with Gasteiger partial charge in [0.25, 0.3) is 0 Å². The summed E-state index contributed by atoms with van der Waals surface area (Å²) in [5.41, 5.74) is 2.10. The Morgan fingerprint density at radius 2 is 2.28 bits per heavy atom.